The highest BCUT2D eigenvalue weighted by molar-refractivity contribution is 7.13. The first-order valence-electron chi connectivity index (χ1n) is 4.69. The van der Waals surface area contributed by atoms with E-state index in [-0.39, 0.29) is 5.91 Å². The number of aromatic nitrogens is 1. The van der Waals surface area contributed by atoms with E-state index in [9.17, 15) is 4.79 Å². The minimum Gasteiger partial charge on any atom is -0.370 e. The van der Waals surface area contributed by atoms with Crippen molar-refractivity contribution < 1.29 is 4.79 Å². The van der Waals surface area contributed by atoms with Gasteiger partial charge in [-0.1, -0.05) is 6.92 Å². The summed E-state index contributed by atoms with van der Waals surface area (Å²) in [6.07, 6.45) is 2.15. The molecule has 1 heterocycles. The van der Waals surface area contributed by atoms with E-state index in [0.717, 1.165) is 30.2 Å². The molecule has 1 aromatic heterocycles. The first-order chi connectivity index (χ1) is 6.72. The molecule has 0 bridgehead atoms. The molecule has 1 rings (SSSR count). The standard InChI is InChI=1S/C9H15N3OS/c1-2-7-6-14-9(12-7)11-5-3-4-8(10)13/h6H,2-5H2,1H3,(H2,10,13)(H,11,12). The van der Waals surface area contributed by atoms with Crippen molar-refractivity contribution in [2.75, 3.05) is 11.9 Å². The van der Waals surface area contributed by atoms with Crippen LogP contribution >= 0.6 is 11.3 Å². The van der Waals surface area contributed by atoms with Gasteiger partial charge in [0.2, 0.25) is 5.91 Å². The van der Waals surface area contributed by atoms with Gasteiger partial charge in [0.05, 0.1) is 5.69 Å². The number of carbonyl (C=O) groups excluding carboxylic acids is 1. The third kappa shape index (κ3) is 3.74. The quantitative estimate of drug-likeness (QED) is 0.701. The molecule has 14 heavy (non-hydrogen) atoms. The number of rotatable bonds is 6. The number of thiazole rings is 1. The molecular formula is C9H15N3OS. The second-order valence-corrected chi connectivity index (χ2v) is 3.85. The summed E-state index contributed by atoms with van der Waals surface area (Å²) in [5.74, 6) is -0.250. The van der Waals surface area contributed by atoms with E-state index in [2.05, 4.69) is 17.2 Å². The molecule has 0 aliphatic rings. The number of hydrogen-bond donors (Lipinski definition) is 2. The number of anilines is 1. The minimum atomic E-state index is -0.250. The zero-order valence-corrected chi connectivity index (χ0v) is 9.06. The van der Waals surface area contributed by atoms with Gasteiger partial charge in [-0.2, -0.15) is 0 Å². The van der Waals surface area contributed by atoms with Crippen molar-refractivity contribution in [3.63, 3.8) is 0 Å². The van der Waals surface area contributed by atoms with Crippen molar-refractivity contribution in [1.29, 1.82) is 0 Å². The molecule has 5 heteroatoms. The van der Waals surface area contributed by atoms with Crippen LogP contribution in [0.2, 0.25) is 0 Å². The Hall–Kier alpha value is -1.10. The Kier molecular flexibility index (Phi) is 4.39. The van der Waals surface area contributed by atoms with Crippen LogP contribution in [0.5, 0.6) is 0 Å². The number of nitrogens with two attached hydrogens (primary N) is 1. The number of nitrogens with one attached hydrogen (secondary N) is 1. The first kappa shape index (κ1) is 11.0. The van der Waals surface area contributed by atoms with Crippen molar-refractivity contribution in [2.24, 2.45) is 5.73 Å². The predicted molar refractivity (Wildman–Crippen MR) is 58.4 cm³/mol. The lowest BCUT2D eigenvalue weighted by Gasteiger charge is -1.99. The molecular weight excluding hydrogens is 198 g/mol. The topological polar surface area (TPSA) is 68.0 Å². The summed E-state index contributed by atoms with van der Waals surface area (Å²) in [5, 5.41) is 6.11. The summed E-state index contributed by atoms with van der Waals surface area (Å²) in [6.45, 7) is 2.82. The smallest absolute Gasteiger partial charge is 0.217 e. The first-order valence-corrected chi connectivity index (χ1v) is 5.57. The largest absolute Gasteiger partial charge is 0.370 e. The minimum absolute atomic E-state index is 0.250. The monoisotopic (exact) mass is 213 g/mol. The lowest BCUT2D eigenvalue weighted by atomic mass is 10.3. The van der Waals surface area contributed by atoms with Gasteiger partial charge in [0, 0.05) is 18.3 Å². The highest BCUT2D eigenvalue weighted by Gasteiger charge is 1.99. The van der Waals surface area contributed by atoms with E-state index in [1.807, 2.05) is 5.38 Å². The van der Waals surface area contributed by atoms with Crippen LogP contribution in [0.15, 0.2) is 5.38 Å². The van der Waals surface area contributed by atoms with E-state index in [1.54, 1.807) is 11.3 Å². The maximum atomic E-state index is 10.4. The second-order valence-electron chi connectivity index (χ2n) is 2.99. The van der Waals surface area contributed by atoms with Crippen LogP contribution in [0.3, 0.4) is 0 Å². The van der Waals surface area contributed by atoms with Crippen molar-refractivity contribution in [3.05, 3.63) is 11.1 Å². The third-order valence-corrected chi connectivity index (χ3v) is 2.64. The fourth-order valence-electron chi connectivity index (χ4n) is 1.01. The number of carbonyl (C=O) groups is 1. The maximum absolute atomic E-state index is 10.4. The molecule has 78 valence electrons. The van der Waals surface area contributed by atoms with E-state index < -0.39 is 0 Å². The summed E-state index contributed by atoms with van der Waals surface area (Å²) in [7, 11) is 0. The van der Waals surface area contributed by atoms with E-state index in [4.69, 9.17) is 5.73 Å². The normalized spacial score (nSPS) is 10.1. The van der Waals surface area contributed by atoms with Gasteiger partial charge in [-0.15, -0.1) is 11.3 Å². The molecule has 0 spiro atoms. The van der Waals surface area contributed by atoms with Gasteiger partial charge >= 0.3 is 0 Å². The van der Waals surface area contributed by atoms with Gasteiger partial charge in [-0.25, -0.2) is 4.98 Å². The van der Waals surface area contributed by atoms with Crippen LogP contribution < -0.4 is 11.1 Å². The van der Waals surface area contributed by atoms with Crippen molar-refractivity contribution in [3.8, 4) is 0 Å². The van der Waals surface area contributed by atoms with Crippen LogP contribution in [-0.2, 0) is 11.2 Å². The summed E-state index contributed by atoms with van der Waals surface area (Å²) >= 11 is 1.59. The van der Waals surface area contributed by atoms with Gasteiger partial charge in [0.25, 0.3) is 0 Å². The molecule has 1 aromatic rings. The van der Waals surface area contributed by atoms with Crippen LogP contribution in [0.1, 0.15) is 25.5 Å². The molecule has 4 nitrogen and oxygen atoms in total. The molecule has 0 saturated heterocycles. The lowest BCUT2D eigenvalue weighted by molar-refractivity contribution is -0.118. The van der Waals surface area contributed by atoms with Gasteiger partial charge in [-0.05, 0) is 12.8 Å². The third-order valence-electron chi connectivity index (χ3n) is 1.79. The zero-order chi connectivity index (χ0) is 10.4. The predicted octanol–water partition coefficient (Wildman–Crippen LogP) is 1.38. The van der Waals surface area contributed by atoms with E-state index in [0.29, 0.717) is 6.42 Å². The molecule has 0 saturated carbocycles. The molecule has 0 aliphatic carbocycles. The van der Waals surface area contributed by atoms with Gasteiger partial charge in [0.15, 0.2) is 5.13 Å². The Bertz CT molecular complexity index is 298. The average molecular weight is 213 g/mol. The van der Waals surface area contributed by atoms with E-state index >= 15 is 0 Å². The second kappa shape index (κ2) is 5.59. The molecule has 0 aromatic carbocycles. The Morgan fingerprint density at radius 1 is 1.71 bits per heavy atom. The Morgan fingerprint density at radius 2 is 2.50 bits per heavy atom. The molecule has 1 amide bonds. The number of nitrogens with zero attached hydrogens (tertiary/aromatic N) is 1. The van der Waals surface area contributed by atoms with Crippen molar-refractivity contribution in [1.82, 2.24) is 4.98 Å². The van der Waals surface area contributed by atoms with Crippen LogP contribution in [0.4, 0.5) is 5.13 Å². The average Bonchev–Trinajstić information content (AvgIpc) is 2.60. The molecule has 0 atom stereocenters. The Balaban J connectivity index is 2.21. The highest BCUT2D eigenvalue weighted by Crippen LogP contribution is 2.15. The SMILES string of the molecule is CCc1csc(NCCCC(N)=O)n1. The van der Waals surface area contributed by atoms with Crippen LogP contribution in [0, 0.1) is 0 Å². The lowest BCUT2D eigenvalue weighted by Crippen LogP contribution is -2.12. The van der Waals surface area contributed by atoms with Gasteiger partial charge < -0.3 is 11.1 Å². The van der Waals surface area contributed by atoms with Crippen LogP contribution in [-0.4, -0.2) is 17.4 Å². The Labute approximate surface area is 87.5 Å². The number of hydrogen-bond acceptors (Lipinski definition) is 4. The molecule has 0 aliphatic heterocycles. The molecule has 0 fully saturated rings. The number of primary amides is 1. The summed E-state index contributed by atoms with van der Waals surface area (Å²) in [6, 6.07) is 0. The van der Waals surface area contributed by atoms with Gasteiger partial charge in [-0.3, -0.25) is 4.79 Å². The number of amides is 1. The summed E-state index contributed by atoms with van der Waals surface area (Å²) < 4.78 is 0. The fourth-order valence-corrected chi connectivity index (χ4v) is 1.83. The molecule has 0 unspecified atom stereocenters. The van der Waals surface area contributed by atoms with Crippen molar-refractivity contribution in [2.45, 2.75) is 26.2 Å². The summed E-state index contributed by atoms with van der Waals surface area (Å²) in [4.78, 5) is 14.8. The molecule has 3 N–H and O–H groups in total. The fraction of sp³-hybridized carbons (Fsp3) is 0.556. The zero-order valence-electron chi connectivity index (χ0n) is 8.25. The maximum Gasteiger partial charge on any atom is 0.217 e. The number of aryl methyl sites for hydroxylation is 1. The van der Waals surface area contributed by atoms with Crippen LogP contribution in [0.25, 0.3) is 0 Å². The highest BCUT2D eigenvalue weighted by atomic mass is 32.1. The summed E-state index contributed by atoms with van der Waals surface area (Å²) in [5.41, 5.74) is 6.12. The van der Waals surface area contributed by atoms with Gasteiger partial charge in [0.1, 0.15) is 0 Å². The van der Waals surface area contributed by atoms with E-state index in [1.165, 1.54) is 0 Å². The molecule has 0 radical (unpaired) electrons. The van der Waals surface area contributed by atoms with Crippen molar-refractivity contribution >= 4 is 22.4 Å². The Morgan fingerprint density at radius 3 is 3.07 bits per heavy atom.